The van der Waals surface area contributed by atoms with Gasteiger partial charge in [-0.05, 0) is 38.1 Å². The molecule has 1 heterocycles. The lowest BCUT2D eigenvalue weighted by atomic mass is 10.3. The molecule has 1 aromatic rings. The van der Waals surface area contributed by atoms with Crippen molar-refractivity contribution in [3.05, 3.63) is 27.2 Å². The summed E-state index contributed by atoms with van der Waals surface area (Å²) in [5.41, 5.74) is 0. The third-order valence-electron chi connectivity index (χ3n) is 2.82. The lowest BCUT2D eigenvalue weighted by Gasteiger charge is -2.16. The zero-order valence-corrected chi connectivity index (χ0v) is 11.7. The second-order valence-corrected chi connectivity index (χ2v) is 5.35. The molecule has 17 heavy (non-hydrogen) atoms. The summed E-state index contributed by atoms with van der Waals surface area (Å²) in [6, 6.07) is 3.28. The number of hydrogen-bond donors (Lipinski definition) is 0. The predicted octanol–water partition coefficient (Wildman–Crippen LogP) is 4.12. The van der Waals surface area contributed by atoms with Gasteiger partial charge < -0.3 is 4.74 Å². The van der Waals surface area contributed by atoms with Crippen molar-refractivity contribution < 1.29 is 4.74 Å². The fourth-order valence-electron chi connectivity index (χ4n) is 1.95. The molecule has 0 spiro atoms. The Kier molecular flexibility index (Phi) is 4.80. The van der Waals surface area contributed by atoms with Gasteiger partial charge in [-0.15, -0.1) is 0 Å². The fourth-order valence-corrected chi connectivity index (χ4v) is 2.88. The van der Waals surface area contributed by atoms with E-state index in [-0.39, 0.29) is 0 Å². The Labute approximate surface area is 116 Å². The highest BCUT2D eigenvalue weighted by atomic mass is 35.5. The molecule has 1 fully saturated rings. The van der Waals surface area contributed by atoms with Crippen molar-refractivity contribution >= 4 is 34.8 Å². The van der Waals surface area contributed by atoms with Crippen LogP contribution < -0.4 is 4.74 Å². The Bertz CT molecular complexity index is 368. The quantitative estimate of drug-likeness (QED) is 0.828. The standard InChI is InChI=1S/C12H14Cl3NO/c13-9-7-10(14)12(11(15)8-9)17-6-5-16-3-1-2-4-16/h7-8H,1-6H2. The van der Waals surface area contributed by atoms with Crippen molar-refractivity contribution in [1.82, 2.24) is 4.90 Å². The second kappa shape index (κ2) is 6.14. The van der Waals surface area contributed by atoms with Crippen molar-refractivity contribution in [2.75, 3.05) is 26.2 Å². The summed E-state index contributed by atoms with van der Waals surface area (Å²) in [5.74, 6) is 0.525. The number of halogens is 3. The molecule has 0 unspecified atom stereocenters. The van der Waals surface area contributed by atoms with Crippen molar-refractivity contribution in [2.45, 2.75) is 12.8 Å². The molecule has 0 aliphatic carbocycles. The van der Waals surface area contributed by atoms with Gasteiger partial charge in [-0.1, -0.05) is 34.8 Å². The average Bonchev–Trinajstić information content (AvgIpc) is 2.74. The van der Waals surface area contributed by atoms with Gasteiger partial charge in [0.2, 0.25) is 0 Å². The maximum Gasteiger partial charge on any atom is 0.156 e. The van der Waals surface area contributed by atoms with Crippen molar-refractivity contribution in [1.29, 1.82) is 0 Å². The van der Waals surface area contributed by atoms with E-state index in [2.05, 4.69) is 4.90 Å². The topological polar surface area (TPSA) is 12.5 Å². The van der Waals surface area contributed by atoms with Crippen molar-refractivity contribution in [3.63, 3.8) is 0 Å². The number of likely N-dealkylation sites (tertiary alicyclic amines) is 1. The van der Waals surface area contributed by atoms with Gasteiger partial charge in [-0.25, -0.2) is 0 Å². The summed E-state index contributed by atoms with van der Waals surface area (Å²) in [6.45, 7) is 3.83. The lowest BCUT2D eigenvalue weighted by molar-refractivity contribution is 0.238. The van der Waals surface area contributed by atoms with E-state index in [4.69, 9.17) is 39.5 Å². The molecule has 0 N–H and O–H groups in total. The number of hydrogen-bond acceptors (Lipinski definition) is 2. The molecule has 5 heteroatoms. The van der Waals surface area contributed by atoms with Crippen LogP contribution in [0, 0.1) is 0 Å². The highest BCUT2D eigenvalue weighted by Gasteiger charge is 2.13. The summed E-state index contributed by atoms with van der Waals surface area (Å²) in [4.78, 5) is 2.37. The molecule has 0 radical (unpaired) electrons. The Morgan fingerprint density at radius 3 is 2.24 bits per heavy atom. The zero-order chi connectivity index (χ0) is 12.3. The van der Waals surface area contributed by atoms with E-state index >= 15 is 0 Å². The van der Waals surface area contributed by atoms with Gasteiger partial charge in [0.15, 0.2) is 5.75 Å². The van der Waals surface area contributed by atoms with Crippen LogP contribution in [0.5, 0.6) is 5.75 Å². The summed E-state index contributed by atoms with van der Waals surface area (Å²) in [7, 11) is 0. The van der Waals surface area contributed by atoms with Gasteiger partial charge in [-0.3, -0.25) is 4.90 Å². The minimum atomic E-state index is 0.462. The molecule has 2 rings (SSSR count). The number of nitrogens with zero attached hydrogens (tertiary/aromatic N) is 1. The van der Waals surface area contributed by atoms with Crippen LogP contribution >= 0.6 is 34.8 Å². The largest absolute Gasteiger partial charge is 0.489 e. The second-order valence-electron chi connectivity index (χ2n) is 4.10. The average molecular weight is 295 g/mol. The van der Waals surface area contributed by atoms with Crippen LogP contribution in [-0.4, -0.2) is 31.1 Å². The highest BCUT2D eigenvalue weighted by molar-refractivity contribution is 6.40. The molecule has 1 aromatic carbocycles. The first kappa shape index (κ1) is 13.3. The Balaban J connectivity index is 1.89. The molecule has 1 aliphatic heterocycles. The fraction of sp³-hybridized carbons (Fsp3) is 0.500. The smallest absolute Gasteiger partial charge is 0.156 e. The van der Waals surface area contributed by atoms with Crippen LogP contribution in [0.4, 0.5) is 0 Å². The van der Waals surface area contributed by atoms with Crippen molar-refractivity contribution in [2.24, 2.45) is 0 Å². The minimum absolute atomic E-state index is 0.462. The number of rotatable bonds is 4. The van der Waals surface area contributed by atoms with Crippen LogP contribution in [0.15, 0.2) is 12.1 Å². The van der Waals surface area contributed by atoms with Crippen LogP contribution in [0.1, 0.15) is 12.8 Å². The molecular formula is C12H14Cl3NO. The third kappa shape index (κ3) is 3.65. The van der Waals surface area contributed by atoms with Gasteiger partial charge in [-0.2, -0.15) is 0 Å². The highest BCUT2D eigenvalue weighted by Crippen LogP contribution is 2.35. The third-order valence-corrected chi connectivity index (χ3v) is 3.60. The van der Waals surface area contributed by atoms with Gasteiger partial charge in [0.25, 0.3) is 0 Å². The number of ether oxygens (including phenoxy) is 1. The monoisotopic (exact) mass is 293 g/mol. The van der Waals surface area contributed by atoms with E-state index in [1.54, 1.807) is 12.1 Å². The first-order valence-corrected chi connectivity index (χ1v) is 6.80. The molecule has 1 aliphatic rings. The Hall–Kier alpha value is -0.150. The molecule has 1 saturated heterocycles. The first-order valence-electron chi connectivity index (χ1n) is 5.66. The van der Waals surface area contributed by atoms with Crippen LogP contribution in [0.25, 0.3) is 0 Å². The summed E-state index contributed by atoms with van der Waals surface area (Å²) < 4.78 is 5.62. The van der Waals surface area contributed by atoms with E-state index in [1.165, 1.54) is 12.8 Å². The molecule has 0 bridgehead atoms. The summed E-state index contributed by atoms with van der Waals surface area (Å²) in [5, 5.41) is 1.44. The molecule has 0 atom stereocenters. The molecule has 0 saturated carbocycles. The molecule has 0 amide bonds. The SMILES string of the molecule is Clc1cc(Cl)c(OCCN2CCCC2)c(Cl)c1. The van der Waals surface area contributed by atoms with E-state index in [1.807, 2.05) is 0 Å². The minimum Gasteiger partial charge on any atom is -0.489 e. The summed E-state index contributed by atoms with van der Waals surface area (Å²) >= 11 is 17.9. The van der Waals surface area contributed by atoms with Gasteiger partial charge in [0.05, 0.1) is 10.0 Å². The predicted molar refractivity (Wildman–Crippen MR) is 72.6 cm³/mol. The van der Waals surface area contributed by atoms with Crippen molar-refractivity contribution in [3.8, 4) is 5.75 Å². The van der Waals surface area contributed by atoms with Crippen LogP contribution in [0.2, 0.25) is 15.1 Å². The van der Waals surface area contributed by atoms with Gasteiger partial charge >= 0.3 is 0 Å². The maximum atomic E-state index is 6.02. The van der Waals surface area contributed by atoms with Crippen LogP contribution in [0.3, 0.4) is 0 Å². The van der Waals surface area contributed by atoms with E-state index in [0.29, 0.717) is 27.4 Å². The molecule has 94 valence electrons. The number of benzene rings is 1. The van der Waals surface area contributed by atoms with Gasteiger partial charge in [0.1, 0.15) is 6.61 Å². The maximum absolute atomic E-state index is 6.02. The Morgan fingerprint density at radius 1 is 1.06 bits per heavy atom. The molecule has 0 aromatic heterocycles. The molecule has 2 nitrogen and oxygen atoms in total. The van der Waals surface area contributed by atoms with Gasteiger partial charge in [0, 0.05) is 11.6 Å². The first-order chi connectivity index (χ1) is 8.16. The Morgan fingerprint density at radius 2 is 1.65 bits per heavy atom. The lowest BCUT2D eigenvalue weighted by Crippen LogP contribution is -2.25. The van der Waals surface area contributed by atoms with E-state index < -0.39 is 0 Å². The van der Waals surface area contributed by atoms with Crippen LogP contribution in [-0.2, 0) is 0 Å². The van der Waals surface area contributed by atoms with E-state index in [9.17, 15) is 0 Å². The normalized spacial score (nSPS) is 16.4. The van der Waals surface area contributed by atoms with E-state index in [0.717, 1.165) is 19.6 Å². The summed E-state index contributed by atoms with van der Waals surface area (Å²) in [6.07, 6.45) is 2.56. The molecular weight excluding hydrogens is 280 g/mol. The zero-order valence-electron chi connectivity index (χ0n) is 9.39.